The molecule has 1 aromatic rings. The van der Waals surface area contributed by atoms with Gasteiger partial charge in [0, 0.05) is 0 Å². The number of carbonyl (C=O) groups excluding carboxylic acids is 1. The van der Waals surface area contributed by atoms with Crippen LogP contribution in [0.25, 0.3) is 0 Å². The van der Waals surface area contributed by atoms with Gasteiger partial charge in [-0.3, -0.25) is 4.79 Å². The summed E-state index contributed by atoms with van der Waals surface area (Å²) >= 11 is 0. The fraction of sp³-hybridized carbons (Fsp3) is 0.400. The first kappa shape index (κ1) is 7.52. The number of hydrogen-bond donors (Lipinski definition) is 1. The van der Waals surface area contributed by atoms with Crippen molar-refractivity contribution in [2.24, 2.45) is 0 Å². The van der Waals surface area contributed by atoms with Gasteiger partial charge < -0.3 is 10.5 Å². The summed E-state index contributed by atoms with van der Waals surface area (Å²) in [4.78, 5) is 10.6. The van der Waals surface area contributed by atoms with Crippen LogP contribution in [0.5, 0.6) is 0 Å². The molecule has 0 atom stereocenters. The van der Waals surface area contributed by atoms with Crippen LogP contribution in [0.4, 0.5) is 5.82 Å². The van der Waals surface area contributed by atoms with E-state index in [2.05, 4.69) is 19.7 Å². The molecule has 1 aromatic heterocycles. The average Bonchev–Trinajstić information content (AvgIpc) is 2.37. The quantitative estimate of drug-likeness (QED) is 0.574. The van der Waals surface area contributed by atoms with Crippen molar-refractivity contribution in [2.45, 2.75) is 6.42 Å². The summed E-state index contributed by atoms with van der Waals surface area (Å²) in [5.74, 6) is -0.303. The van der Waals surface area contributed by atoms with Gasteiger partial charge in [0.05, 0.1) is 13.5 Å². The molecule has 6 nitrogen and oxygen atoms in total. The zero-order chi connectivity index (χ0) is 8.27. The molecule has 0 amide bonds. The van der Waals surface area contributed by atoms with Crippen molar-refractivity contribution in [2.75, 3.05) is 12.8 Å². The molecule has 0 spiro atoms. The van der Waals surface area contributed by atoms with Crippen molar-refractivity contribution in [3.63, 3.8) is 0 Å². The third kappa shape index (κ3) is 1.66. The minimum Gasteiger partial charge on any atom is -0.469 e. The number of nitrogen functional groups attached to an aromatic ring is 1. The number of nitrogens with zero attached hydrogens (tertiary/aromatic N) is 2. The summed E-state index contributed by atoms with van der Waals surface area (Å²) in [6.07, 6.45) is -0.00810. The first-order chi connectivity index (χ1) is 5.24. The number of hydrogen-bond acceptors (Lipinski definition) is 6. The van der Waals surface area contributed by atoms with Crippen molar-refractivity contribution in [3.05, 3.63) is 5.69 Å². The number of nitrogens with two attached hydrogens (primary N) is 1. The molecule has 0 saturated heterocycles. The second-order valence-corrected chi connectivity index (χ2v) is 1.85. The molecule has 0 aliphatic heterocycles. The molecule has 11 heavy (non-hydrogen) atoms. The second-order valence-electron chi connectivity index (χ2n) is 1.85. The van der Waals surface area contributed by atoms with E-state index in [1.54, 1.807) is 0 Å². The molecule has 1 heterocycles. The van der Waals surface area contributed by atoms with E-state index in [9.17, 15) is 4.79 Å². The van der Waals surface area contributed by atoms with E-state index in [0.29, 0.717) is 5.69 Å². The Hall–Kier alpha value is -1.59. The number of aromatic nitrogens is 2. The molecule has 0 bridgehead atoms. The van der Waals surface area contributed by atoms with Crippen molar-refractivity contribution in [1.82, 2.24) is 10.3 Å². The van der Waals surface area contributed by atoms with Gasteiger partial charge in [0.25, 0.3) is 0 Å². The van der Waals surface area contributed by atoms with E-state index in [1.165, 1.54) is 7.11 Å². The van der Waals surface area contributed by atoms with E-state index in [0.717, 1.165) is 0 Å². The lowest BCUT2D eigenvalue weighted by Gasteiger charge is -1.93. The maximum atomic E-state index is 10.6. The number of carbonyl (C=O) groups is 1. The van der Waals surface area contributed by atoms with Gasteiger partial charge in [0.15, 0.2) is 5.82 Å². The largest absolute Gasteiger partial charge is 0.469 e. The third-order valence-electron chi connectivity index (χ3n) is 1.13. The standard InChI is InChI=1S/C5H7N3O3/c1-10-4(9)2-3-5(6)8-11-7-3/h2H2,1H3,(H2,6,8). The van der Waals surface area contributed by atoms with Gasteiger partial charge >= 0.3 is 5.97 Å². The fourth-order valence-electron chi connectivity index (χ4n) is 0.545. The van der Waals surface area contributed by atoms with Gasteiger partial charge in [-0.05, 0) is 5.16 Å². The van der Waals surface area contributed by atoms with Crippen molar-refractivity contribution in [3.8, 4) is 0 Å². The van der Waals surface area contributed by atoms with Crippen LogP contribution in [0, 0.1) is 0 Å². The van der Waals surface area contributed by atoms with E-state index in [-0.39, 0.29) is 12.2 Å². The summed E-state index contributed by atoms with van der Waals surface area (Å²) < 4.78 is 8.63. The molecule has 0 radical (unpaired) electrons. The minimum absolute atomic E-state index is 0.00810. The van der Waals surface area contributed by atoms with Crippen LogP contribution in [-0.2, 0) is 16.0 Å². The second kappa shape index (κ2) is 3.00. The van der Waals surface area contributed by atoms with E-state index >= 15 is 0 Å². The van der Waals surface area contributed by atoms with Gasteiger partial charge in [-0.2, -0.15) is 0 Å². The Labute approximate surface area is 62.3 Å². The molecular formula is C5H7N3O3. The lowest BCUT2D eigenvalue weighted by atomic mass is 10.3. The fourth-order valence-corrected chi connectivity index (χ4v) is 0.545. The topological polar surface area (TPSA) is 91.2 Å². The number of rotatable bonds is 2. The molecular weight excluding hydrogens is 150 g/mol. The van der Waals surface area contributed by atoms with Gasteiger partial charge in [0.2, 0.25) is 0 Å². The Balaban J connectivity index is 2.64. The van der Waals surface area contributed by atoms with Crippen LogP contribution >= 0.6 is 0 Å². The van der Waals surface area contributed by atoms with Crippen LogP contribution in [0.1, 0.15) is 5.69 Å². The number of ether oxygens (including phenoxy) is 1. The minimum atomic E-state index is -0.424. The summed E-state index contributed by atoms with van der Waals surface area (Å²) in [5, 5.41) is 6.68. The first-order valence-electron chi connectivity index (χ1n) is 2.87. The number of esters is 1. The third-order valence-corrected chi connectivity index (χ3v) is 1.13. The molecule has 0 aromatic carbocycles. The SMILES string of the molecule is COC(=O)Cc1nonc1N. The van der Waals surface area contributed by atoms with Gasteiger partial charge in [-0.1, -0.05) is 5.16 Å². The van der Waals surface area contributed by atoms with Crippen molar-refractivity contribution in [1.29, 1.82) is 0 Å². The molecule has 2 N–H and O–H groups in total. The highest BCUT2D eigenvalue weighted by Gasteiger charge is 2.10. The van der Waals surface area contributed by atoms with E-state index < -0.39 is 5.97 Å². The highest BCUT2D eigenvalue weighted by Crippen LogP contribution is 2.04. The lowest BCUT2D eigenvalue weighted by Crippen LogP contribution is -2.06. The van der Waals surface area contributed by atoms with E-state index in [4.69, 9.17) is 5.73 Å². The van der Waals surface area contributed by atoms with Crippen LogP contribution in [0.3, 0.4) is 0 Å². The highest BCUT2D eigenvalue weighted by molar-refractivity contribution is 5.73. The van der Waals surface area contributed by atoms with Crippen molar-refractivity contribution < 1.29 is 14.2 Å². The van der Waals surface area contributed by atoms with Crippen LogP contribution in [0.15, 0.2) is 4.63 Å². The van der Waals surface area contributed by atoms with Crippen LogP contribution < -0.4 is 5.73 Å². The van der Waals surface area contributed by atoms with Crippen molar-refractivity contribution >= 4 is 11.8 Å². The molecule has 0 fully saturated rings. The molecule has 0 aliphatic carbocycles. The summed E-state index contributed by atoms with van der Waals surface area (Å²) in [6.45, 7) is 0. The monoisotopic (exact) mass is 157 g/mol. The zero-order valence-electron chi connectivity index (χ0n) is 5.90. The zero-order valence-corrected chi connectivity index (χ0v) is 5.90. The molecule has 0 unspecified atom stereocenters. The summed E-state index contributed by atoms with van der Waals surface area (Å²) in [6, 6.07) is 0. The summed E-state index contributed by atoms with van der Waals surface area (Å²) in [5.41, 5.74) is 5.57. The predicted octanol–water partition coefficient (Wildman–Crippen LogP) is -0.633. The van der Waals surface area contributed by atoms with Crippen LogP contribution in [-0.4, -0.2) is 23.4 Å². The lowest BCUT2D eigenvalue weighted by molar-refractivity contribution is -0.139. The Kier molecular flexibility index (Phi) is 2.05. The smallest absolute Gasteiger partial charge is 0.311 e. The highest BCUT2D eigenvalue weighted by atomic mass is 16.6. The first-order valence-corrected chi connectivity index (χ1v) is 2.87. The Morgan fingerprint density at radius 2 is 2.45 bits per heavy atom. The molecule has 60 valence electrons. The van der Waals surface area contributed by atoms with Gasteiger partial charge in [-0.15, -0.1) is 0 Å². The number of anilines is 1. The van der Waals surface area contributed by atoms with Gasteiger partial charge in [0.1, 0.15) is 5.69 Å². The Morgan fingerprint density at radius 1 is 1.73 bits per heavy atom. The number of methoxy groups -OCH3 is 1. The van der Waals surface area contributed by atoms with Crippen LogP contribution in [0.2, 0.25) is 0 Å². The van der Waals surface area contributed by atoms with Gasteiger partial charge in [-0.25, -0.2) is 4.63 Å². The predicted molar refractivity (Wildman–Crippen MR) is 34.4 cm³/mol. The molecule has 1 rings (SSSR count). The normalized spacial score (nSPS) is 9.55. The molecule has 0 saturated carbocycles. The average molecular weight is 157 g/mol. The Bertz CT molecular complexity index is 257. The maximum Gasteiger partial charge on any atom is 0.311 e. The molecule has 6 heteroatoms. The maximum absolute atomic E-state index is 10.6. The Morgan fingerprint density at radius 3 is 2.91 bits per heavy atom. The van der Waals surface area contributed by atoms with E-state index in [1.807, 2.05) is 0 Å². The summed E-state index contributed by atoms with van der Waals surface area (Å²) in [7, 11) is 1.28. The molecule has 0 aliphatic rings.